The van der Waals surface area contributed by atoms with Crippen LogP contribution in [0.2, 0.25) is 0 Å². The van der Waals surface area contributed by atoms with E-state index in [1.54, 1.807) is 0 Å². The van der Waals surface area contributed by atoms with Gasteiger partial charge in [0.1, 0.15) is 6.61 Å². The van der Waals surface area contributed by atoms with Crippen molar-refractivity contribution in [2.24, 2.45) is 5.73 Å². The van der Waals surface area contributed by atoms with Crippen molar-refractivity contribution in [3.63, 3.8) is 0 Å². The second-order valence-corrected chi connectivity index (χ2v) is 4.89. The van der Waals surface area contributed by atoms with E-state index in [0.717, 1.165) is 17.5 Å². The topological polar surface area (TPSA) is 64.3 Å². The molecule has 2 aromatic carbocycles. The number of amides is 1. The van der Waals surface area contributed by atoms with Crippen LogP contribution in [0.5, 0.6) is 0 Å². The summed E-state index contributed by atoms with van der Waals surface area (Å²) in [4.78, 5) is 11.6. The summed E-state index contributed by atoms with van der Waals surface area (Å²) in [6.45, 7) is 0.656. The average Bonchev–Trinajstić information content (AvgIpc) is 2.53. The van der Waals surface area contributed by atoms with E-state index >= 15 is 0 Å². The Morgan fingerprint density at radius 2 is 1.55 bits per heavy atom. The van der Waals surface area contributed by atoms with Gasteiger partial charge in [0.2, 0.25) is 0 Å². The fourth-order valence-electron chi connectivity index (χ4n) is 1.98. The van der Waals surface area contributed by atoms with Crippen molar-refractivity contribution in [2.75, 3.05) is 6.54 Å². The Labute approximate surface area is 137 Å². The van der Waals surface area contributed by atoms with E-state index in [-0.39, 0.29) is 25.1 Å². The SMILES string of the molecule is Cl.NC(CNC(=O)OCc1ccccc1)Cc1ccccc1. The second-order valence-electron chi connectivity index (χ2n) is 4.89. The fourth-order valence-corrected chi connectivity index (χ4v) is 1.98. The third-order valence-electron chi connectivity index (χ3n) is 3.06. The lowest BCUT2D eigenvalue weighted by Gasteiger charge is -2.13. The van der Waals surface area contributed by atoms with Gasteiger partial charge in [0.15, 0.2) is 0 Å². The predicted molar refractivity (Wildman–Crippen MR) is 90.0 cm³/mol. The summed E-state index contributed by atoms with van der Waals surface area (Å²) >= 11 is 0. The summed E-state index contributed by atoms with van der Waals surface area (Å²) in [6.07, 6.45) is 0.280. The number of carbonyl (C=O) groups excluding carboxylic acids is 1. The lowest BCUT2D eigenvalue weighted by Crippen LogP contribution is -2.38. The van der Waals surface area contributed by atoms with Gasteiger partial charge < -0.3 is 15.8 Å². The normalized spacial score (nSPS) is 11.1. The van der Waals surface area contributed by atoms with Gasteiger partial charge >= 0.3 is 6.09 Å². The molecule has 0 radical (unpaired) electrons. The van der Waals surface area contributed by atoms with Crippen molar-refractivity contribution in [3.05, 3.63) is 71.8 Å². The molecule has 118 valence electrons. The van der Waals surface area contributed by atoms with Gasteiger partial charge in [0.05, 0.1) is 0 Å². The van der Waals surface area contributed by atoms with Crippen LogP contribution >= 0.6 is 12.4 Å². The molecule has 0 aliphatic rings. The highest BCUT2D eigenvalue weighted by molar-refractivity contribution is 5.85. The Morgan fingerprint density at radius 1 is 1.00 bits per heavy atom. The van der Waals surface area contributed by atoms with E-state index in [1.807, 2.05) is 60.7 Å². The number of alkyl carbamates (subject to hydrolysis) is 1. The second kappa shape index (κ2) is 9.82. The number of carbonyl (C=O) groups is 1. The molecule has 0 aliphatic carbocycles. The van der Waals surface area contributed by atoms with Crippen LogP contribution < -0.4 is 11.1 Å². The molecule has 0 aliphatic heterocycles. The maximum absolute atomic E-state index is 11.6. The Balaban J connectivity index is 0.00000242. The summed E-state index contributed by atoms with van der Waals surface area (Å²) in [6, 6.07) is 19.4. The molecule has 22 heavy (non-hydrogen) atoms. The molecule has 1 unspecified atom stereocenters. The summed E-state index contributed by atoms with van der Waals surface area (Å²) in [7, 11) is 0. The molecule has 0 fully saturated rings. The van der Waals surface area contributed by atoms with Gasteiger partial charge in [-0.05, 0) is 17.5 Å². The molecule has 0 saturated carbocycles. The van der Waals surface area contributed by atoms with Crippen LogP contribution in [0.25, 0.3) is 0 Å². The standard InChI is InChI=1S/C17H20N2O2.ClH/c18-16(11-14-7-3-1-4-8-14)12-19-17(20)21-13-15-9-5-2-6-10-15;/h1-10,16H,11-13,18H2,(H,19,20);1H. The monoisotopic (exact) mass is 320 g/mol. The van der Waals surface area contributed by atoms with Crippen LogP contribution in [0.3, 0.4) is 0 Å². The predicted octanol–water partition coefficient (Wildman–Crippen LogP) is 2.90. The molecule has 3 N–H and O–H groups in total. The minimum absolute atomic E-state index is 0. The number of halogens is 1. The first-order chi connectivity index (χ1) is 10.2. The third kappa shape index (κ3) is 6.61. The Hall–Kier alpha value is -2.04. The molecule has 0 heterocycles. The van der Waals surface area contributed by atoms with E-state index in [0.29, 0.717) is 6.54 Å². The Bertz CT molecular complexity index is 549. The Kier molecular flexibility index (Phi) is 8.04. The molecule has 0 aromatic heterocycles. The lowest BCUT2D eigenvalue weighted by molar-refractivity contribution is 0.139. The molecule has 0 bridgehead atoms. The molecule has 2 rings (SSSR count). The van der Waals surface area contributed by atoms with Crippen molar-refractivity contribution in [1.82, 2.24) is 5.32 Å². The van der Waals surface area contributed by atoms with E-state index in [1.165, 1.54) is 0 Å². The van der Waals surface area contributed by atoms with Gasteiger partial charge in [-0.2, -0.15) is 0 Å². The molecular formula is C17H21ClN2O2. The van der Waals surface area contributed by atoms with Crippen molar-refractivity contribution < 1.29 is 9.53 Å². The molecule has 5 heteroatoms. The highest BCUT2D eigenvalue weighted by Gasteiger charge is 2.07. The van der Waals surface area contributed by atoms with Gasteiger partial charge in [-0.15, -0.1) is 12.4 Å². The van der Waals surface area contributed by atoms with E-state index in [9.17, 15) is 4.79 Å². The van der Waals surface area contributed by atoms with Gasteiger partial charge in [-0.25, -0.2) is 4.79 Å². The maximum Gasteiger partial charge on any atom is 0.407 e. The number of ether oxygens (including phenoxy) is 1. The van der Waals surface area contributed by atoms with Crippen molar-refractivity contribution in [2.45, 2.75) is 19.1 Å². The molecule has 1 amide bonds. The van der Waals surface area contributed by atoms with Crippen LogP contribution in [0.4, 0.5) is 4.79 Å². The zero-order valence-electron chi connectivity index (χ0n) is 12.3. The molecule has 0 spiro atoms. The van der Waals surface area contributed by atoms with E-state index < -0.39 is 6.09 Å². The number of nitrogens with two attached hydrogens (primary N) is 1. The number of hydrogen-bond acceptors (Lipinski definition) is 3. The van der Waals surface area contributed by atoms with Crippen molar-refractivity contribution >= 4 is 18.5 Å². The van der Waals surface area contributed by atoms with Gasteiger partial charge in [0, 0.05) is 12.6 Å². The summed E-state index contributed by atoms with van der Waals surface area (Å²) in [5, 5.41) is 2.69. The van der Waals surface area contributed by atoms with Gasteiger partial charge in [-0.1, -0.05) is 60.7 Å². The Morgan fingerprint density at radius 3 is 2.14 bits per heavy atom. The van der Waals surface area contributed by atoms with Crippen LogP contribution in [0, 0.1) is 0 Å². The first kappa shape index (κ1) is 18.0. The quantitative estimate of drug-likeness (QED) is 0.860. The molecular weight excluding hydrogens is 300 g/mol. The zero-order chi connectivity index (χ0) is 14.9. The average molecular weight is 321 g/mol. The first-order valence-electron chi connectivity index (χ1n) is 6.98. The van der Waals surface area contributed by atoms with Gasteiger partial charge in [-0.3, -0.25) is 0 Å². The molecule has 1 atom stereocenters. The fraction of sp³-hybridized carbons (Fsp3) is 0.235. The molecule has 0 saturated heterocycles. The number of hydrogen-bond donors (Lipinski definition) is 2. The van der Waals surface area contributed by atoms with E-state index in [2.05, 4.69) is 5.32 Å². The van der Waals surface area contributed by atoms with Crippen LogP contribution in [-0.2, 0) is 17.8 Å². The van der Waals surface area contributed by atoms with Crippen LogP contribution in [-0.4, -0.2) is 18.7 Å². The third-order valence-corrected chi connectivity index (χ3v) is 3.06. The van der Waals surface area contributed by atoms with Crippen molar-refractivity contribution in [3.8, 4) is 0 Å². The first-order valence-corrected chi connectivity index (χ1v) is 6.98. The van der Waals surface area contributed by atoms with Gasteiger partial charge in [0.25, 0.3) is 0 Å². The summed E-state index contributed by atoms with van der Waals surface area (Å²) in [5.41, 5.74) is 8.11. The molecule has 2 aromatic rings. The number of benzene rings is 2. The summed E-state index contributed by atoms with van der Waals surface area (Å²) in [5.74, 6) is 0. The highest BCUT2D eigenvalue weighted by Crippen LogP contribution is 2.02. The number of rotatable bonds is 6. The molecule has 4 nitrogen and oxygen atoms in total. The lowest BCUT2D eigenvalue weighted by atomic mass is 10.1. The number of nitrogens with one attached hydrogen (secondary N) is 1. The van der Waals surface area contributed by atoms with Crippen molar-refractivity contribution in [1.29, 1.82) is 0 Å². The zero-order valence-corrected chi connectivity index (χ0v) is 13.1. The highest BCUT2D eigenvalue weighted by atomic mass is 35.5. The largest absolute Gasteiger partial charge is 0.445 e. The summed E-state index contributed by atoms with van der Waals surface area (Å²) < 4.78 is 5.12. The van der Waals surface area contributed by atoms with Crippen LogP contribution in [0.15, 0.2) is 60.7 Å². The smallest absolute Gasteiger partial charge is 0.407 e. The van der Waals surface area contributed by atoms with Crippen LogP contribution in [0.1, 0.15) is 11.1 Å². The maximum atomic E-state index is 11.6. The minimum atomic E-state index is -0.442. The van der Waals surface area contributed by atoms with E-state index in [4.69, 9.17) is 10.5 Å². The minimum Gasteiger partial charge on any atom is -0.445 e.